The second kappa shape index (κ2) is 7.71. The molecule has 18 heavy (non-hydrogen) atoms. The van der Waals surface area contributed by atoms with Crippen LogP contribution in [0.25, 0.3) is 0 Å². The molecule has 0 aliphatic carbocycles. The van der Waals surface area contributed by atoms with Crippen LogP contribution in [0.3, 0.4) is 0 Å². The highest BCUT2D eigenvalue weighted by atomic mass is 79.9. The third-order valence-electron chi connectivity index (χ3n) is 2.03. The molecule has 1 aromatic rings. The zero-order valence-electron chi connectivity index (χ0n) is 10.4. The zero-order chi connectivity index (χ0) is 13.5. The number of carbonyl (C=O) groups excluding carboxylic acids is 1. The smallest absolute Gasteiger partial charge is 0.254 e. The molecule has 1 heterocycles. The lowest BCUT2D eigenvalue weighted by Crippen LogP contribution is -2.28. The van der Waals surface area contributed by atoms with Gasteiger partial charge in [-0.25, -0.2) is 4.98 Å². The molecule has 0 spiro atoms. The summed E-state index contributed by atoms with van der Waals surface area (Å²) in [4.78, 5) is 15.7. The van der Waals surface area contributed by atoms with Crippen molar-refractivity contribution < 1.29 is 9.53 Å². The van der Waals surface area contributed by atoms with Crippen molar-refractivity contribution in [1.29, 1.82) is 0 Å². The number of aromatic nitrogens is 1. The zero-order valence-corrected chi connectivity index (χ0v) is 12.7. The molecule has 6 heteroatoms. The fraction of sp³-hybridized carbons (Fsp3) is 0.500. The molecule has 4 nitrogen and oxygen atoms in total. The molecule has 0 bridgehead atoms. The Hall–Kier alpha value is -0.650. The van der Waals surface area contributed by atoms with Gasteiger partial charge in [-0.1, -0.05) is 25.4 Å². The van der Waals surface area contributed by atoms with Gasteiger partial charge in [-0.2, -0.15) is 0 Å². The van der Waals surface area contributed by atoms with Crippen LogP contribution >= 0.6 is 27.5 Å². The first-order valence-corrected chi connectivity index (χ1v) is 6.84. The lowest BCUT2D eigenvalue weighted by atomic mass is 10.2. The second-order valence-electron chi connectivity index (χ2n) is 4.22. The largest absolute Gasteiger partial charge is 0.379 e. The third kappa shape index (κ3) is 5.33. The third-order valence-corrected chi connectivity index (χ3v) is 2.77. The molecule has 0 fully saturated rings. The van der Waals surface area contributed by atoms with Crippen molar-refractivity contribution in [3.05, 3.63) is 27.5 Å². The maximum Gasteiger partial charge on any atom is 0.254 e. The predicted octanol–water partition coefficient (Wildman–Crippen LogP) is 2.90. The van der Waals surface area contributed by atoms with Crippen LogP contribution in [0.15, 0.2) is 16.7 Å². The van der Waals surface area contributed by atoms with E-state index in [9.17, 15) is 4.79 Å². The Morgan fingerprint density at radius 2 is 2.33 bits per heavy atom. The van der Waals surface area contributed by atoms with E-state index in [-0.39, 0.29) is 11.1 Å². The lowest BCUT2D eigenvalue weighted by Gasteiger charge is -2.08. The van der Waals surface area contributed by atoms with Gasteiger partial charge >= 0.3 is 0 Å². The van der Waals surface area contributed by atoms with Crippen LogP contribution in [0, 0.1) is 5.92 Å². The van der Waals surface area contributed by atoms with Gasteiger partial charge in [0.15, 0.2) is 0 Å². The van der Waals surface area contributed by atoms with Crippen molar-refractivity contribution in [3.63, 3.8) is 0 Å². The number of hydrogen-bond acceptors (Lipinski definition) is 3. The fourth-order valence-corrected chi connectivity index (χ4v) is 1.75. The van der Waals surface area contributed by atoms with E-state index in [0.717, 1.165) is 0 Å². The van der Waals surface area contributed by atoms with Gasteiger partial charge in [0.1, 0.15) is 5.15 Å². The van der Waals surface area contributed by atoms with Gasteiger partial charge in [0.25, 0.3) is 5.91 Å². The molecule has 0 aromatic carbocycles. The number of amides is 1. The predicted molar refractivity (Wildman–Crippen MR) is 74.9 cm³/mol. The van der Waals surface area contributed by atoms with Crippen LogP contribution < -0.4 is 5.32 Å². The first-order valence-electron chi connectivity index (χ1n) is 5.67. The van der Waals surface area contributed by atoms with Gasteiger partial charge in [-0.3, -0.25) is 4.79 Å². The Morgan fingerprint density at radius 1 is 1.61 bits per heavy atom. The minimum absolute atomic E-state index is 0.193. The van der Waals surface area contributed by atoms with E-state index >= 15 is 0 Å². The minimum atomic E-state index is -0.248. The number of nitrogens with zero attached hydrogens (tertiary/aromatic N) is 1. The first kappa shape index (κ1) is 15.4. The molecule has 0 aliphatic rings. The number of carbonyl (C=O) groups is 1. The number of ether oxygens (including phenoxy) is 1. The number of pyridine rings is 1. The maximum atomic E-state index is 11.8. The molecule has 0 atom stereocenters. The van der Waals surface area contributed by atoms with Gasteiger partial charge in [0.05, 0.1) is 12.2 Å². The Morgan fingerprint density at radius 3 is 3.00 bits per heavy atom. The molecule has 100 valence electrons. The number of halogens is 2. The monoisotopic (exact) mass is 334 g/mol. The molecule has 0 aliphatic heterocycles. The summed E-state index contributed by atoms with van der Waals surface area (Å²) >= 11 is 9.10. The summed E-state index contributed by atoms with van der Waals surface area (Å²) in [6.45, 7) is 5.78. The van der Waals surface area contributed by atoms with Crippen molar-refractivity contribution in [2.24, 2.45) is 5.92 Å². The molecule has 0 saturated carbocycles. The van der Waals surface area contributed by atoms with Crippen LogP contribution in [-0.2, 0) is 4.74 Å². The van der Waals surface area contributed by atoms with Crippen LogP contribution in [0.4, 0.5) is 0 Å². The molecule has 0 saturated heterocycles. The van der Waals surface area contributed by atoms with Gasteiger partial charge < -0.3 is 10.1 Å². The average Bonchev–Trinajstić information content (AvgIpc) is 2.31. The normalized spacial score (nSPS) is 10.7. The molecule has 1 aromatic heterocycles. The summed E-state index contributed by atoms with van der Waals surface area (Å²) in [6, 6.07) is 1.64. The number of nitrogens with one attached hydrogen (secondary N) is 1. The summed E-state index contributed by atoms with van der Waals surface area (Å²) in [5, 5.41) is 2.92. The van der Waals surface area contributed by atoms with Crippen molar-refractivity contribution in [2.75, 3.05) is 19.8 Å². The Balaban J connectivity index is 2.39. The highest BCUT2D eigenvalue weighted by molar-refractivity contribution is 9.10. The van der Waals surface area contributed by atoms with E-state index < -0.39 is 0 Å². The Bertz CT molecular complexity index is 413. The molecule has 0 unspecified atom stereocenters. The van der Waals surface area contributed by atoms with E-state index in [0.29, 0.717) is 35.7 Å². The van der Waals surface area contributed by atoms with E-state index in [1.807, 2.05) is 0 Å². The Labute approximate surface area is 120 Å². The van der Waals surface area contributed by atoms with Crippen LogP contribution in [0.5, 0.6) is 0 Å². The lowest BCUT2D eigenvalue weighted by molar-refractivity contribution is 0.0886. The number of rotatable bonds is 6. The topological polar surface area (TPSA) is 51.2 Å². The summed E-state index contributed by atoms with van der Waals surface area (Å²) in [5.41, 5.74) is 0.356. The van der Waals surface area contributed by atoms with Crippen molar-refractivity contribution in [2.45, 2.75) is 13.8 Å². The van der Waals surface area contributed by atoms with Gasteiger partial charge in [-0.05, 0) is 27.9 Å². The summed E-state index contributed by atoms with van der Waals surface area (Å²) in [5.74, 6) is 0.242. The van der Waals surface area contributed by atoms with E-state index in [1.165, 1.54) is 0 Å². The minimum Gasteiger partial charge on any atom is -0.379 e. The Kier molecular flexibility index (Phi) is 6.60. The molecular weight excluding hydrogens is 320 g/mol. The molecule has 1 N–H and O–H groups in total. The molecule has 1 rings (SSSR count). The quantitative estimate of drug-likeness (QED) is 0.642. The van der Waals surface area contributed by atoms with E-state index in [2.05, 4.69) is 40.1 Å². The van der Waals surface area contributed by atoms with Crippen LogP contribution in [0.2, 0.25) is 5.15 Å². The van der Waals surface area contributed by atoms with Crippen LogP contribution in [-0.4, -0.2) is 30.6 Å². The summed E-state index contributed by atoms with van der Waals surface area (Å²) in [6.07, 6.45) is 1.55. The SMILES string of the molecule is CC(C)COCCNC(=O)c1cc(Br)cnc1Cl. The van der Waals surface area contributed by atoms with Crippen molar-refractivity contribution in [3.8, 4) is 0 Å². The van der Waals surface area contributed by atoms with Crippen molar-refractivity contribution in [1.82, 2.24) is 10.3 Å². The maximum absolute atomic E-state index is 11.8. The second-order valence-corrected chi connectivity index (χ2v) is 5.49. The first-order chi connectivity index (χ1) is 8.50. The fourth-order valence-electron chi connectivity index (χ4n) is 1.23. The highest BCUT2D eigenvalue weighted by Gasteiger charge is 2.11. The van der Waals surface area contributed by atoms with Gasteiger partial charge in [-0.15, -0.1) is 0 Å². The van der Waals surface area contributed by atoms with E-state index in [4.69, 9.17) is 16.3 Å². The van der Waals surface area contributed by atoms with Gasteiger partial charge in [0.2, 0.25) is 0 Å². The van der Waals surface area contributed by atoms with Crippen LogP contribution in [0.1, 0.15) is 24.2 Å². The van der Waals surface area contributed by atoms with Gasteiger partial charge in [0, 0.05) is 23.8 Å². The highest BCUT2D eigenvalue weighted by Crippen LogP contribution is 2.17. The summed E-state index contributed by atoms with van der Waals surface area (Å²) in [7, 11) is 0. The molecule has 0 radical (unpaired) electrons. The van der Waals surface area contributed by atoms with E-state index in [1.54, 1.807) is 12.3 Å². The standard InChI is InChI=1S/C12H16BrClN2O2/c1-8(2)7-18-4-3-15-12(17)10-5-9(13)6-16-11(10)14/h5-6,8H,3-4,7H2,1-2H3,(H,15,17). The average molecular weight is 336 g/mol. The molecule has 1 amide bonds. The molecular formula is C12H16BrClN2O2. The summed E-state index contributed by atoms with van der Waals surface area (Å²) < 4.78 is 6.08. The van der Waals surface area contributed by atoms with Crippen molar-refractivity contribution >= 4 is 33.4 Å². The number of hydrogen-bond donors (Lipinski definition) is 1.